The Morgan fingerprint density at radius 3 is 2.69 bits per heavy atom. The summed E-state index contributed by atoms with van der Waals surface area (Å²) in [6, 6.07) is 11.4. The van der Waals surface area contributed by atoms with Gasteiger partial charge in [0.25, 0.3) is 0 Å². The highest BCUT2D eigenvalue weighted by molar-refractivity contribution is 5.25. The zero-order chi connectivity index (χ0) is 8.89. The van der Waals surface area contributed by atoms with E-state index in [4.69, 9.17) is 0 Å². The number of piperidine rings is 1. The lowest BCUT2D eigenvalue weighted by Crippen LogP contribution is -2.27. The van der Waals surface area contributed by atoms with Gasteiger partial charge in [0.15, 0.2) is 0 Å². The van der Waals surface area contributed by atoms with Crippen LogP contribution in [0.5, 0.6) is 0 Å². The molecule has 0 radical (unpaired) electrons. The number of rotatable bonds is 1. The second kappa shape index (κ2) is 2.36. The Hall–Kier alpha value is -0.820. The fourth-order valence-electron chi connectivity index (χ4n) is 2.62. The van der Waals surface area contributed by atoms with Crippen molar-refractivity contribution in [3.05, 3.63) is 35.9 Å². The van der Waals surface area contributed by atoms with E-state index in [1.54, 1.807) is 0 Å². The third-order valence-electron chi connectivity index (χ3n) is 3.64. The van der Waals surface area contributed by atoms with Crippen LogP contribution >= 0.6 is 0 Å². The summed E-state index contributed by atoms with van der Waals surface area (Å²) in [6.45, 7) is 2.35. The van der Waals surface area contributed by atoms with Crippen molar-refractivity contribution in [3.63, 3.8) is 0 Å². The number of fused-ring (bicyclic) bond motifs is 1. The zero-order valence-corrected chi connectivity index (χ0v) is 7.96. The predicted molar refractivity (Wildman–Crippen MR) is 53.4 cm³/mol. The van der Waals surface area contributed by atoms with Crippen LogP contribution in [0.3, 0.4) is 0 Å². The summed E-state index contributed by atoms with van der Waals surface area (Å²) < 4.78 is 0. The molecule has 0 spiro atoms. The van der Waals surface area contributed by atoms with Gasteiger partial charge in [-0.15, -0.1) is 0 Å². The van der Waals surface area contributed by atoms with Crippen LogP contribution in [0.25, 0.3) is 0 Å². The molecule has 3 atom stereocenters. The molecule has 1 N–H and O–H groups in total. The molecule has 68 valence electrons. The Morgan fingerprint density at radius 1 is 1.31 bits per heavy atom. The van der Waals surface area contributed by atoms with Gasteiger partial charge in [-0.3, -0.25) is 0 Å². The topological polar surface area (TPSA) is 12.0 Å². The summed E-state index contributed by atoms with van der Waals surface area (Å²) in [5.74, 6) is 0.942. The van der Waals surface area contributed by atoms with Gasteiger partial charge in [0.05, 0.1) is 0 Å². The first-order valence-electron chi connectivity index (χ1n) is 5.11. The van der Waals surface area contributed by atoms with E-state index in [9.17, 15) is 0 Å². The Morgan fingerprint density at radius 2 is 2.08 bits per heavy atom. The Labute approximate surface area is 79.2 Å². The van der Waals surface area contributed by atoms with Gasteiger partial charge < -0.3 is 5.32 Å². The normalized spacial score (nSPS) is 41.6. The van der Waals surface area contributed by atoms with E-state index < -0.39 is 0 Å². The maximum absolute atomic E-state index is 3.72. The van der Waals surface area contributed by atoms with Crippen molar-refractivity contribution in [2.75, 3.05) is 0 Å². The second-order valence-corrected chi connectivity index (χ2v) is 4.66. The standard InChI is InChI=1S/C12H15N/c1-12-8-10(12)7-11(13-12)9-5-3-2-4-6-9/h2-6,10-11,13H,7-8H2,1H3. The van der Waals surface area contributed by atoms with Crippen molar-refractivity contribution < 1.29 is 0 Å². The molecule has 1 aliphatic carbocycles. The highest BCUT2D eigenvalue weighted by atomic mass is 15.1. The quantitative estimate of drug-likeness (QED) is 0.688. The average molecular weight is 173 g/mol. The van der Waals surface area contributed by atoms with E-state index >= 15 is 0 Å². The Bertz CT molecular complexity index is 319. The molecule has 1 nitrogen and oxygen atoms in total. The monoisotopic (exact) mass is 173 g/mol. The average Bonchev–Trinajstić information content (AvgIpc) is 2.67. The second-order valence-electron chi connectivity index (χ2n) is 4.66. The molecule has 1 aromatic carbocycles. The van der Waals surface area contributed by atoms with Crippen molar-refractivity contribution in [1.29, 1.82) is 0 Å². The molecule has 0 bridgehead atoms. The Balaban J connectivity index is 1.82. The lowest BCUT2D eigenvalue weighted by Gasteiger charge is -2.16. The first kappa shape index (κ1) is 7.57. The van der Waals surface area contributed by atoms with Crippen LogP contribution in [0.15, 0.2) is 30.3 Å². The molecular formula is C12H15N. The van der Waals surface area contributed by atoms with Gasteiger partial charge in [-0.1, -0.05) is 30.3 Å². The van der Waals surface area contributed by atoms with Crippen LogP contribution in [0.4, 0.5) is 0 Å². The van der Waals surface area contributed by atoms with E-state index in [0.29, 0.717) is 11.6 Å². The van der Waals surface area contributed by atoms with Crippen molar-refractivity contribution >= 4 is 0 Å². The molecular weight excluding hydrogens is 158 g/mol. The number of benzene rings is 1. The lowest BCUT2D eigenvalue weighted by molar-refractivity contribution is 0.506. The molecule has 0 amide bonds. The van der Waals surface area contributed by atoms with Gasteiger partial charge in [-0.05, 0) is 31.2 Å². The summed E-state index contributed by atoms with van der Waals surface area (Å²) in [6.07, 6.45) is 2.72. The highest BCUT2D eigenvalue weighted by Crippen LogP contribution is 2.54. The number of nitrogens with one attached hydrogen (secondary N) is 1. The van der Waals surface area contributed by atoms with E-state index in [-0.39, 0.29) is 0 Å². The first-order valence-corrected chi connectivity index (χ1v) is 5.11. The summed E-state index contributed by atoms with van der Waals surface area (Å²) >= 11 is 0. The summed E-state index contributed by atoms with van der Waals surface area (Å²) in [4.78, 5) is 0. The summed E-state index contributed by atoms with van der Waals surface area (Å²) in [5, 5.41) is 3.72. The van der Waals surface area contributed by atoms with E-state index in [2.05, 4.69) is 42.6 Å². The largest absolute Gasteiger partial charge is 0.304 e. The van der Waals surface area contributed by atoms with Gasteiger partial charge in [0, 0.05) is 11.6 Å². The molecule has 1 saturated carbocycles. The smallest absolute Gasteiger partial charge is 0.0328 e. The minimum absolute atomic E-state index is 0.487. The molecule has 1 saturated heterocycles. The van der Waals surface area contributed by atoms with Crippen LogP contribution in [0.2, 0.25) is 0 Å². The fourth-order valence-corrected chi connectivity index (χ4v) is 2.62. The van der Waals surface area contributed by atoms with Crippen molar-refractivity contribution in [2.24, 2.45) is 5.92 Å². The molecule has 13 heavy (non-hydrogen) atoms. The van der Waals surface area contributed by atoms with Gasteiger partial charge in [0.1, 0.15) is 0 Å². The Kier molecular flexibility index (Phi) is 1.37. The summed E-state index contributed by atoms with van der Waals surface area (Å²) in [7, 11) is 0. The van der Waals surface area contributed by atoms with Crippen molar-refractivity contribution in [3.8, 4) is 0 Å². The van der Waals surface area contributed by atoms with Crippen LogP contribution in [0, 0.1) is 5.92 Å². The van der Waals surface area contributed by atoms with Gasteiger partial charge in [-0.2, -0.15) is 0 Å². The SMILES string of the molecule is CC12CC1CC(c1ccccc1)N2. The molecule has 1 aromatic rings. The summed E-state index contributed by atoms with van der Waals surface area (Å²) in [5.41, 5.74) is 1.94. The predicted octanol–water partition coefficient (Wildman–Crippen LogP) is 2.50. The first-order chi connectivity index (χ1) is 6.28. The maximum atomic E-state index is 3.72. The van der Waals surface area contributed by atoms with Gasteiger partial charge in [0.2, 0.25) is 0 Å². The van der Waals surface area contributed by atoms with E-state index in [0.717, 1.165) is 5.92 Å². The molecule has 3 rings (SSSR count). The minimum Gasteiger partial charge on any atom is -0.304 e. The molecule has 2 fully saturated rings. The van der Waals surface area contributed by atoms with Gasteiger partial charge >= 0.3 is 0 Å². The molecule has 0 aromatic heterocycles. The molecule has 1 heterocycles. The van der Waals surface area contributed by atoms with Crippen LogP contribution in [-0.2, 0) is 0 Å². The van der Waals surface area contributed by atoms with Crippen LogP contribution in [-0.4, -0.2) is 5.54 Å². The van der Waals surface area contributed by atoms with Crippen LogP contribution < -0.4 is 5.32 Å². The lowest BCUT2D eigenvalue weighted by atomic mass is 10.0. The fraction of sp³-hybridized carbons (Fsp3) is 0.500. The number of hydrogen-bond donors (Lipinski definition) is 1. The molecule has 3 unspecified atom stereocenters. The van der Waals surface area contributed by atoms with Crippen molar-refractivity contribution in [1.82, 2.24) is 5.32 Å². The van der Waals surface area contributed by atoms with E-state index in [1.807, 2.05) is 0 Å². The van der Waals surface area contributed by atoms with E-state index in [1.165, 1.54) is 18.4 Å². The highest BCUT2D eigenvalue weighted by Gasteiger charge is 2.56. The van der Waals surface area contributed by atoms with Crippen molar-refractivity contribution in [2.45, 2.75) is 31.3 Å². The third kappa shape index (κ3) is 1.11. The number of hydrogen-bond acceptors (Lipinski definition) is 1. The van der Waals surface area contributed by atoms with Crippen LogP contribution in [0.1, 0.15) is 31.4 Å². The molecule has 1 aliphatic heterocycles. The zero-order valence-electron chi connectivity index (χ0n) is 7.96. The molecule has 1 heteroatoms. The molecule has 2 aliphatic rings. The third-order valence-corrected chi connectivity index (χ3v) is 3.64. The maximum Gasteiger partial charge on any atom is 0.0328 e. The van der Waals surface area contributed by atoms with Gasteiger partial charge in [-0.25, -0.2) is 0 Å². The minimum atomic E-state index is 0.487.